The molecule has 18 nitrogen and oxygen atoms in total. The highest BCUT2D eigenvalue weighted by Gasteiger charge is 2.29. The van der Waals surface area contributed by atoms with Crippen molar-refractivity contribution in [2.45, 2.75) is 39.9 Å². The van der Waals surface area contributed by atoms with Crippen LogP contribution in [0.3, 0.4) is 0 Å². The van der Waals surface area contributed by atoms with Gasteiger partial charge in [0.1, 0.15) is 31.0 Å². The Kier molecular flexibility index (Phi) is 11.3. The second-order valence-corrected chi connectivity index (χ2v) is 18.4. The van der Waals surface area contributed by atoms with Crippen molar-refractivity contribution in [3.8, 4) is 28.0 Å². The molecule has 59 heavy (non-hydrogen) atoms. The van der Waals surface area contributed by atoms with E-state index in [1.807, 2.05) is 31.2 Å². The molecule has 0 amide bonds. The minimum Gasteiger partial charge on any atom is -0.505 e. The Hall–Kier alpha value is -5.98. The minimum atomic E-state index is -5.32. The van der Waals surface area contributed by atoms with Gasteiger partial charge in [-0.2, -0.15) is 43.9 Å². The Bertz CT molecular complexity index is 3210. The molecule has 7 N–H and O–H groups in total. The number of hydrogen-bond donors (Lipinski definition) is 6. The zero-order valence-corrected chi connectivity index (χ0v) is 33.7. The highest BCUT2D eigenvalue weighted by atomic mass is 32.2. The maximum absolute atomic E-state index is 12.6. The highest BCUT2D eigenvalue weighted by molar-refractivity contribution is 7.87. The van der Waals surface area contributed by atoms with Gasteiger partial charge in [-0.15, -0.1) is 10.2 Å². The number of aromatic hydroxyl groups is 1. The van der Waals surface area contributed by atoms with Gasteiger partial charge in [0, 0.05) is 11.1 Å². The number of nitrogens with two attached hydrogens (primary N) is 1. The van der Waals surface area contributed by atoms with Crippen LogP contribution >= 0.6 is 0 Å². The Morgan fingerprint density at radius 2 is 0.966 bits per heavy atom. The van der Waals surface area contributed by atoms with Gasteiger partial charge in [-0.3, -0.25) is 18.2 Å². The normalized spacial score (nSPS) is 12.8. The highest BCUT2D eigenvalue weighted by Crippen LogP contribution is 2.48. The van der Waals surface area contributed by atoms with Crippen molar-refractivity contribution >= 4 is 79.7 Å². The lowest BCUT2D eigenvalue weighted by Crippen LogP contribution is -2.05. The van der Waals surface area contributed by atoms with Crippen molar-refractivity contribution in [2.24, 2.45) is 20.5 Å². The SMILES string of the molecule is CCc1ccc(-c2ccc(/N=N/c3c(S(=O)(=O)O)cc4cc(S(=O)(=O)O)c(/N=N/c5ccc(-c6ccc(C)cc6)cc5)c(N)c4c3O)cc2S(=O)(=O)O)c(S(=O)(=O)O)c1. The third-order valence-electron chi connectivity index (χ3n) is 8.92. The molecule has 0 radical (unpaired) electrons. The maximum atomic E-state index is 12.6. The second kappa shape index (κ2) is 15.6. The summed E-state index contributed by atoms with van der Waals surface area (Å²) in [7, 11) is -20.6. The van der Waals surface area contributed by atoms with Gasteiger partial charge < -0.3 is 10.8 Å². The zero-order chi connectivity index (χ0) is 43.2. The monoisotopic (exact) mass is 881 g/mol. The Labute approximate surface area is 337 Å². The van der Waals surface area contributed by atoms with Crippen molar-refractivity contribution in [1.29, 1.82) is 0 Å². The van der Waals surface area contributed by atoms with E-state index in [0.717, 1.165) is 47.0 Å². The van der Waals surface area contributed by atoms with Crippen LogP contribution in [0.4, 0.5) is 28.4 Å². The average Bonchev–Trinajstić information content (AvgIpc) is 3.15. The van der Waals surface area contributed by atoms with E-state index >= 15 is 0 Å². The third-order valence-corrected chi connectivity index (χ3v) is 12.4. The van der Waals surface area contributed by atoms with E-state index in [1.54, 1.807) is 31.2 Å². The van der Waals surface area contributed by atoms with Crippen molar-refractivity contribution in [1.82, 2.24) is 0 Å². The topological polar surface area (TPSA) is 313 Å². The van der Waals surface area contributed by atoms with Gasteiger partial charge in [0.2, 0.25) is 0 Å². The lowest BCUT2D eigenvalue weighted by atomic mass is 10.0. The van der Waals surface area contributed by atoms with Gasteiger partial charge in [-0.05, 0) is 77.9 Å². The molecule has 0 spiro atoms. The molecule has 0 fully saturated rings. The quantitative estimate of drug-likeness (QED) is 0.0406. The molecule has 0 aliphatic heterocycles. The number of benzene rings is 6. The number of nitrogen functional groups attached to an aromatic ring is 1. The van der Waals surface area contributed by atoms with E-state index < -0.39 is 99.3 Å². The molecule has 22 heteroatoms. The fourth-order valence-electron chi connectivity index (χ4n) is 6.02. The van der Waals surface area contributed by atoms with Crippen LogP contribution in [0.5, 0.6) is 5.75 Å². The standard InChI is InChI=1S/C37H31N5O13S4/c1-3-21-6-14-27(29(16-21)56(44,45)46)28-15-13-26(19-30(28)57(47,48)49)40-42-36-32(59(53,54)55)18-24-17-31(58(50,51)52)35(34(38)33(24)37(36)43)41-39-25-11-9-23(10-12-25)22-7-4-20(2)5-8-22/h4-19,43H,3,38H2,1-2H3,(H,44,45,46)(H,47,48,49)(H,50,51,52)(H,53,54,55)/b41-39+,42-40+. The summed E-state index contributed by atoms with van der Waals surface area (Å²) < 4.78 is 140. The molecule has 0 unspecified atom stereocenters. The molecule has 6 aromatic rings. The Morgan fingerprint density at radius 1 is 0.525 bits per heavy atom. The fraction of sp³-hybridized carbons (Fsp3) is 0.0811. The van der Waals surface area contributed by atoms with Gasteiger partial charge in [0.05, 0.1) is 22.4 Å². The number of nitrogens with zero attached hydrogens (tertiary/aromatic N) is 4. The van der Waals surface area contributed by atoms with Crippen LogP contribution in [-0.4, -0.2) is 57.0 Å². The largest absolute Gasteiger partial charge is 0.505 e. The summed E-state index contributed by atoms with van der Waals surface area (Å²) in [5, 5.41) is 26.0. The summed E-state index contributed by atoms with van der Waals surface area (Å²) in [6.45, 7) is 3.65. The van der Waals surface area contributed by atoms with Gasteiger partial charge in [0.25, 0.3) is 40.5 Å². The second-order valence-electron chi connectivity index (χ2n) is 12.9. The molecular formula is C37H31N5O13S4. The van der Waals surface area contributed by atoms with Crippen LogP contribution in [-0.2, 0) is 46.9 Å². The van der Waals surface area contributed by atoms with Gasteiger partial charge in [-0.25, -0.2) is 0 Å². The number of anilines is 1. The first-order valence-corrected chi connectivity index (χ1v) is 22.5. The number of phenols is 1. The summed E-state index contributed by atoms with van der Waals surface area (Å²) in [6, 6.07) is 22.2. The summed E-state index contributed by atoms with van der Waals surface area (Å²) in [6.07, 6.45) is 0.350. The lowest BCUT2D eigenvalue weighted by Gasteiger charge is -2.14. The Balaban J connectivity index is 1.49. The maximum Gasteiger partial charge on any atom is 0.296 e. The predicted octanol–water partition coefficient (Wildman–Crippen LogP) is 8.15. The van der Waals surface area contributed by atoms with Gasteiger partial charge >= 0.3 is 0 Å². The van der Waals surface area contributed by atoms with Crippen LogP contribution in [0.1, 0.15) is 18.1 Å². The summed E-state index contributed by atoms with van der Waals surface area (Å²) >= 11 is 0. The molecule has 6 rings (SSSR count). The molecular weight excluding hydrogens is 851 g/mol. The van der Waals surface area contributed by atoms with E-state index in [2.05, 4.69) is 20.5 Å². The van der Waals surface area contributed by atoms with Crippen LogP contribution in [0.25, 0.3) is 33.0 Å². The van der Waals surface area contributed by atoms with Crippen molar-refractivity contribution in [2.75, 3.05) is 5.73 Å². The number of hydrogen-bond acceptors (Lipinski definition) is 14. The van der Waals surface area contributed by atoms with Crippen molar-refractivity contribution < 1.29 is 57.0 Å². The molecule has 0 bridgehead atoms. The minimum absolute atomic E-state index is 0.213. The number of azo groups is 2. The van der Waals surface area contributed by atoms with Gasteiger partial charge in [-0.1, -0.05) is 67.1 Å². The van der Waals surface area contributed by atoms with E-state index in [1.165, 1.54) is 12.1 Å². The summed E-state index contributed by atoms with van der Waals surface area (Å²) in [5.74, 6) is -1.10. The Morgan fingerprint density at radius 3 is 1.49 bits per heavy atom. The molecule has 0 heterocycles. The molecule has 0 aliphatic rings. The van der Waals surface area contributed by atoms with E-state index in [-0.39, 0.29) is 16.8 Å². The molecule has 0 atom stereocenters. The zero-order valence-electron chi connectivity index (χ0n) is 30.4. The molecule has 6 aromatic carbocycles. The van der Waals surface area contributed by atoms with E-state index in [0.29, 0.717) is 18.1 Å². The smallest absolute Gasteiger partial charge is 0.296 e. The lowest BCUT2D eigenvalue weighted by molar-refractivity contribution is 0.472. The van der Waals surface area contributed by atoms with Gasteiger partial charge in [0.15, 0.2) is 5.75 Å². The first-order valence-electron chi connectivity index (χ1n) is 16.8. The number of fused-ring (bicyclic) bond motifs is 1. The van der Waals surface area contributed by atoms with Crippen LogP contribution < -0.4 is 5.73 Å². The summed E-state index contributed by atoms with van der Waals surface area (Å²) in [5.41, 5.74) is 6.34. The van der Waals surface area contributed by atoms with Crippen LogP contribution in [0.15, 0.2) is 137 Å². The third kappa shape index (κ3) is 9.04. The van der Waals surface area contributed by atoms with Crippen LogP contribution in [0.2, 0.25) is 0 Å². The van der Waals surface area contributed by atoms with Crippen molar-refractivity contribution in [3.63, 3.8) is 0 Å². The molecule has 0 aliphatic carbocycles. The van der Waals surface area contributed by atoms with E-state index in [9.17, 15) is 57.0 Å². The molecule has 306 valence electrons. The number of phenolic OH excluding ortho intramolecular Hbond substituents is 1. The first-order chi connectivity index (χ1) is 27.5. The average molecular weight is 882 g/mol. The van der Waals surface area contributed by atoms with E-state index in [4.69, 9.17) is 5.73 Å². The van der Waals surface area contributed by atoms with Crippen LogP contribution in [0, 0.1) is 6.92 Å². The predicted molar refractivity (Wildman–Crippen MR) is 216 cm³/mol. The summed E-state index contributed by atoms with van der Waals surface area (Å²) in [4.78, 5) is -3.67. The molecule has 0 saturated carbocycles. The number of aryl methyl sites for hydroxylation is 2. The molecule has 0 saturated heterocycles. The molecule has 0 aromatic heterocycles. The number of rotatable bonds is 11. The first kappa shape index (κ1) is 42.6. The van der Waals surface area contributed by atoms with Crippen molar-refractivity contribution in [3.05, 3.63) is 108 Å². The fourth-order valence-corrected chi connectivity index (χ4v) is 8.83.